The Hall–Kier alpha value is -2.73. The standard InChI is InChI=1S/C15H27N5O7/c16-6-2-1-3-9(19-13(24)8(17)7-12(22)23)14(25)20-10(15(26)27)4-5-11(18)21/h8-10H,1-7,16-17H2,(H2,18,21)(H,19,24)(H,20,25)(H,22,23)(H,26,27). The van der Waals surface area contributed by atoms with Crippen LogP contribution in [0, 0.1) is 0 Å². The molecule has 0 aromatic heterocycles. The molecular weight excluding hydrogens is 362 g/mol. The Labute approximate surface area is 155 Å². The SMILES string of the molecule is NCCCCC(NC(=O)C(N)CC(=O)O)C(=O)NC(CCC(N)=O)C(=O)O. The summed E-state index contributed by atoms with van der Waals surface area (Å²) in [5.41, 5.74) is 15.8. The van der Waals surface area contributed by atoms with E-state index in [0.29, 0.717) is 19.4 Å². The first-order valence-corrected chi connectivity index (χ1v) is 8.37. The predicted molar refractivity (Wildman–Crippen MR) is 93.1 cm³/mol. The number of unbranched alkanes of at least 4 members (excludes halogenated alkanes) is 1. The van der Waals surface area contributed by atoms with Crippen LogP contribution in [0.3, 0.4) is 0 Å². The van der Waals surface area contributed by atoms with Crippen LogP contribution >= 0.6 is 0 Å². The maximum absolute atomic E-state index is 12.4. The fourth-order valence-corrected chi connectivity index (χ4v) is 2.14. The molecule has 0 saturated heterocycles. The third kappa shape index (κ3) is 10.8. The number of amides is 3. The average Bonchev–Trinajstić information content (AvgIpc) is 2.56. The zero-order valence-electron chi connectivity index (χ0n) is 14.8. The molecule has 0 rings (SSSR count). The van der Waals surface area contributed by atoms with E-state index in [0.717, 1.165) is 0 Å². The molecule has 0 bridgehead atoms. The number of nitrogens with one attached hydrogen (secondary N) is 2. The van der Waals surface area contributed by atoms with Gasteiger partial charge in [-0.05, 0) is 32.2 Å². The Bertz CT molecular complexity index is 555. The highest BCUT2D eigenvalue weighted by Crippen LogP contribution is 2.05. The van der Waals surface area contributed by atoms with Crippen LogP contribution in [0.15, 0.2) is 0 Å². The van der Waals surface area contributed by atoms with Crippen LogP contribution in [0.2, 0.25) is 0 Å². The monoisotopic (exact) mass is 389 g/mol. The molecule has 12 nitrogen and oxygen atoms in total. The number of hydrogen-bond acceptors (Lipinski definition) is 7. The first-order valence-electron chi connectivity index (χ1n) is 8.37. The minimum atomic E-state index is -1.37. The Morgan fingerprint density at radius 3 is 1.96 bits per heavy atom. The first-order chi connectivity index (χ1) is 12.6. The van der Waals surface area contributed by atoms with Gasteiger partial charge in [-0.1, -0.05) is 0 Å². The lowest BCUT2D eigenvalue weighted by molar-refractivity contribution is -0.143. The van der Waals surface area contributed by atoms with Crippen LogP contribution in [0.5, 0.6) is 0 Å². The summed E-state index contributed by atoms with van der Waals surface area (Å²) in [4.78, 5) is 57.0. The van der Waals surface area contributed by atoms with Crippen molar-refractivity contribution >= 4 is 29.7 Å². The van der Waals surface area contributed by atoms with Gasteiger partial charge in [-0.25, -0.2) is 4.79 Å². The molecule has 3 unspecified atom stereocenters. The molecule has 12 heteroatoms. The van der Waals surface area contributed by atoms with Gasteiger partial charge in [0.1, 0.15) is 12.1 Å². The van der Waals surface area contributed by atoms with Crippen LogP contribution in [-0.4, -0.2) is 64.5 Å². The normalized spacial score (nSPS) is 13.9. The summed E-state index contributed by atoms with van der Waals surface area (Å²) < 4.78 is 0. The van der Waals surface area contributed by atoms with Crippen LogP contribution in [0.25, 0.3) is 0 Å². The van der Waals surface area contributed by atoms with Gasteiger partial charge in [0.15, 0.2) is 0 Å². The summed E-state index contributed by atoms with van der Waals surface area (Å²) in [6, 6.07) is -3.86. The lowest BCUT2D eigenvalue weighted by Gasteiger charge is -2.22. The molecule has 0 saturated carbocycles. The van der Waals surface area contributed by atoms with E-state index in [1.165, 1.54) is 0 Å². The average molecular weight is 389 g/mol. The van der Waals surface area contributed by atoms with Gasteiger partial charge in [-0.3, -0.25) is 19.2 Å². The Balaban J connectivity index is 5.03. The molecule has 0 aliphatic heterocycles. The predicted octanol–water partition coefficient (Wildman–Crippen LogP) is -2.76. The molecule has 0 fully saturated rings. The van der Waals surface area contributed by atoms with Gasteiger partial charge >= 0.3 is 11.9 Å². The maximum Gasteiger partial charge on any atom is 0.326 e. The highest BCUT2D eigenvalue weighted by atomic mass is 16.4. The second-order valence-electron chi connectivity index (χ2n) is 5.95. The lowest BCUT2D eigenvalue weighted by Crippen LogP contribution is -2.54. The van der Waals surface area contributed by atoms with Gasteiger partial charge in [0.05, 0.1) is 12.5 Å². The van der Waals surface area contributed by atoms with Crippen molar-refractivity contribution in [1.82, 2.24) is 10.6 Å². The summed E-state index contributed by atoms with van der Waals surface area (Å²) in [6.07, 6.45) is 0.0896. The second-order valence-corrected chi connectivity index (χ2v) is 5.95. The number of carboxylic acids is 2. The van der Waals surface area contributed by atoms with Gasteiger partial charge in [0.25, 0.3) is 0 Å². The number of nitrogens with two attached hydrogens (primary N) is 3. The first kappa shape index (κ1) is 24.3. The third-order valence-corrected chi connectivity index (χ3v) is 3.61. The van der Waals surface area contributed by atoms with Crippen LogP contribution in [0.1, 0.15) is 38.5 Å². The van der Waals surface area contributed by atoms with Crippen LogP contribution in [-0.2, 0) is 24.0 Å². The number of aliphatic carboxylic acids is 2. The van der Waals surface area contributed by atoms with E-state index >= 15 is 0 Å². The van der Waals surface area contributed by atoms with Crippen molar-refractivity contribution in [2.45, 2.75) is 56.7 Å². The van der Waals surface area contributed by atoms with Crippen LogP contribution in [0.4, 0.5) is 0 Å². The van der Waals surface area contributed by atoms with E-state index < -0.39 is 54.2 Å². The Morgan fingerprint density at radius 2 is 1.48 bits per heavy atom. The molecule has 0 radical (unpaired) electrons. The van der Waals surface area contributed by atoms with Crippen molar-refractivity contribution in [1.29, 1.82) is 0 Å². The van der Waals surface area contributed by atoms with E-state index in [4.69, 9.17) is 27.4 Å². The van der Waals surface area contributed by atoms with Gasteiger partial charge in [-0.2, -0.15) is 0 Å². The van der Waals surface area contributed by atoms with E-state index in [9.17, 15) is 24.0 Å². The Morgan fingerprint density at radius 1 is 0.889 bits per heavy atom. The molecule has 0 heterocycles. The molecule has 27 heavy (non-hydrogen) atoms. The molecule has 0 spiro atoms. The third-order valence-electron chi connectivity index (χ3n) is 3.61. The minimum Gasteiger partial charge on any atom is -0.481 e. The highest BCUT2D eigenvalue weighted by molar-refractivity contribution is 5.93. The minimum absolute atomic E-state index is 0.150. The number of rotatable bonds is 14. The topological polar surface area (TPSA) is 228 Å². The van der Waals surface area contributed by atoms with Crippen molar-refractivity contribution in [2.24, 2.45) is 17.2 Å². The molecule has 3 atom stereocenters. The quantitative estimate of drug-likeness (QED) is 0.152. The highest BCUT2D eigenvalue weighted by Gasteiger charge is 2.28. The number of primary amides is 1. The number of carbonyl (C=O) groups is 5. The zero-order chi connectivity index (χ0) is 21.0. The van der Waals surface area contributed by atoms with Gasteiger partial charge in [-0.15, -0.1) is 0 Å². The van der Waals surface area contributed by atoms with E-state index in [-0.39, 0.29) is 19.3 Å². The second kappa shape index (κ2) is 12.6. The lowest BCUT2D eigenvalue weighted by atomic mass is 10.1. The number of carbonyl (C=O) groups excluding carboxylic acids is 3. The Kier molecular flexibility index (Phi) is 11.3. The molecular formula is C15H27N5O7. The molecule has 0 aromatic rings. The largest absolute Gasteiger partial charge is 0.481 e. The van der Waals surface area contributed by atoms with Gasteiger partial charge < -0.3 is 38.0 Å². The van der Waals surface area contributed by atoms with Crippen molar-refractivity contribution in [2.75, 3.05) is 6.54 Å². The van der Waals surface area contributed by atoms with Crippen molar-refractivity contribution in [3.05, 3.63) is 0 Å². The molecule has 0 aromatic carbocycles. The summed E-state index contributed by atoms with van der Waals surface area (Å²) >= 11 is 0. The van der Waals surface area contributed by atoms with Crippen LogP contribution < -0.4 is 27.8 Å². The number of hydrogen-bond donors (Lipinski definition) is 7. The summed E-state index contributed by atoms with van der Waals surface area (Å²) in [7, 11) is 0. The van der Waals surface area contributed by atoms with E-state index in [1.807, 2.05) is 0 Å². The van der Waals surface area contributed by atoms with Crippen molar-refractivity contribution in [3.8, 4) is 0 Å². The van der Waals surface area contributed by atoms with E-state index in [1.54, 1.807) is 0 Å². The fourth-order valence-electron chi connectivity index (χ4n) is 2.14. The number of carboxylic acid groups (broad SMARTS) is 2. The molecule has 3 amide bonds. The van der Waals surface area contributed by atoms with Crippen molar-refractivity contribution < 1.29 is 34.2 Å². The maximum atomic E-state index is 12.4. The van der Waals surface area contributed by atoms with E-state index in [2.05, 4.69) is 10.6 Å². The molecule has 154 valence electrons. The van der Waals surface area contributed by atoms with Gasteiger partial charge in [0.2, 0.25) is 17.7 Å². The van der Waals surface area contributed by atoms with Crippen molar-refractivity contribution in [3.63, 3.8) is 0 Å². The smallest absolute Gasteiger partial charge is 0.326 e. The molecule has 0 aliphatic carbocycles. The summed E-state index contributed by atoms with van der Waals surface area (Å²) in [5, 5.41) is 22.4. The summed E-state index contributed by atoms with van der Waals surface area (Å²) in [6.45, 7) is 0.358. The molecule has 0 aliphatic rings. The molecule has 10 N–H and O–H groups in total. The zero-order valence-corrected chi connectivity index (χ0v) is 14.8. The fraction of sp³-hybridized carbons (Fsp3) is 0.667. The summed E-state index contributed by atoms with van der Waals surface area (Å²) in [5.74, 6) is -5.00. The van der Waals surface area contributed by atoms with Gasteiger partial charge in [0, 0.05) is 6.42 Å².